The van der Waals surface area contributed by atoms with E-state index in [4.69, 9.17) is 15.5 Å². The van der Waals surface area contributed by atoms with E-state index in [9.17, 15) is 9.59 Å². The third-order valence-corrected chi connectivity index (χ3v) is 2.98. The Morgan fingerprint density at radius 2 is 1.72 bits per heavy atom. The van der Waals surface area contributed by atoms with Gasteiger partial charge >= 0.3 is 11.9 Å². The first-order chi connectivity index (χ1) is 11.9. The van der Waals surface area contributed by atoms with Crippen LogP contribution in [0.5, 0.6) is 0 Å². The van der Waals surface area contributed by atoms with E-state index in [1.54, 1.807) is 0 Å². The molecule has 2 aromatic rings. The number of aryl methyl sites for hydroxylation is 2. The second-order valence-corrected chi connectivity index (χ2v) is 5.10. The largest absolute Gasteiger partial charge is 0.696 e. The van der Waals surface area contributed by atoms with Gasteiger partial charge in [0.25, 0.3) is 0 Å². The average Bonchev–Trinajstić information content (AvgIpc) is 2.99. The van der Waals surface area contributed by atoms with Crippen molar-refractivity contribution in [3.05, 3.63) is 54.1 Å². The Labute approximate surface area is 152 Å². The third kappa shape index (κ3) is 9.07. The van der Waals surface area contributed by atoms with Crippen LogP contribution >= 0.6 is 0 Å². The zero-order chi connectivity index (χ0) is 19.2. The second-order valence-electron chi connectivity index (χ2n) is 4.92. The van der Waals surface area contributed by atoms with Crippen molar-refractivity contribution in [3.8, 4) is 5.40 Å². The number of rotatable bonds is 5. The number of carboxylic acids is 2. The molecule has 134 valence electrons. The minimum Gasteiger partial charge on any atom is -0.696 e. The van der Waals surface area contributed by atoms with E-state index in [0.29, 0.717) is 0 Å². The average molecular weight is 363 g/mol. The van der Waals surface area contributed by atoms with Gasteiger partial charge in [-0.3, -0.25) is 0 Å². The van der Waals surface area contributed by atoms with E-state index in [1.165, 1.54) is 42.5 Å². The predicted octanol–water partition coefficient (Wildman–Crippen LogP) is 2.21. The number of hydrogen-bond donors (Lipinski definition) is 2. The molecule has 0 amide bonds. The number of carboxylic acid groups (broad SMARTS) is 2. The Balaban J connectivity index is 0.000000403. The number of benzene rings is 1. The molecule has 1 heterocycles. The number of unbranched alkanes of at least 4 members (excludes halogenated alkanes) is 1. The van der Waals surface area contributed by atoms with Gasteiger partial charge in [0.1, 0.15) is 12.4 Å². The van der Waals surface area contributed by atoms with Gasteiger partial charge in [-0.15, -0.1) is 0 Å². The van der Waals surface area contributed by atoms with Gasteiger partial charge in [0.15, 0.2) is 0 Å². The highest BCUT2D eigenvalue weighted by molar-refractivity contribution is 7.64. The van der Waals surface area contributed by atoms with Gasteiger partial charge < -0.3 is 22.8 Å². The summed E-state index contributed by atoms with van der Waals surface area (Å²) >= 11 is 3.70. The Hall–Kier alpha value is -2.92. The highest BCUT2D eigenvalue weighted by atomic mass is 32.1. The summed E-state index contributed by atoms with van der Waals surface area (Å²) < 4.78 is 4.28. The molecule has 0 aliphatic heterocycles. The number of carbonyl (C=O) groups is 2. The first-order valence-electron chi connectivity index (χ1n) is 7.45. The quantitative estimate of drug-likeness (QED) is 0.479. The van der Waals surface area contributed by atoms with E-state index in [-0.39, 0.29) is 11.1 Å². The van der Waals surface area contributed by atoms with Crippen LogP contribution < -0.4 is 4.57 Å². The molecule has 0 radical (unpaired) electrons. The molecule has 0 bridgehead atoms. The van der Waals surface area contributed by atoms with E-state index < -0.39 is 11.9 Å². The highest BCUT2D eigenvalue weighted by Crippen LogP contribution is 2.07. The van der Waals surface area contributed by atoms with Crippen molar-refractivity contribution in [1.82, 2.24) is 4.57 Å². The molecule has 2 rings (SSSR count). The lowest BCUT2D eigenvalue weighted by molar-refractivity contribution is -0.671. The summed E-state index contributed by atoms with van der Waals surface area (Å²) in [6.07, 6.45) is 8.82. The van der Waals surface area contributed by atoms with Crippen LogP contribution in [0.15, 0.2) is 43.0 Å². The van der Waals surface area contributed by atoms with E-state index >= 15 is 0 Å². The number of hydrogen-bond acceptors (Lipinski definition) is 4. The van der Waals surface area contributed by atoms with Crippen LogP contribution in [-0.2, 0) is 26.2 Å². The molecule has 0 aliphatic rings. The Bertz CT molecular complexity index is 690. The SMILES string of the molecule is CCCCn1cc[n+](C)c1.N#C[S-].O=C(O)c1ccccc1C(=O)O. The maximum absolute atomic E-state index is 10.5. The fourth-order valence-electron chi connectivity index (χ4n) is 1.83. The van der Waals surface area contributed by atoms with Crippen molar-refractivity contribution in [2.75, 3.05) is 0 Å². The molecule has 8 heteroatoms. The topological polar surface area (TPSA) is 107 Å². The van der Waals surface area contributed by atoms with Crippen LogP contribution in [0, 0.1) is 10.7 Å². The van der Waals surface area contributed by atoms with E-state index in [1.807, 2.05) is 7.05 Å². The summed E-state index contributed by atoms with van der Waals surface area (Å²) in [5.41, 5.74) is -0.380. The molecule has 1 aromatic heterocycles. The maximum atomic E-state index is 10.5. The molecule has 0 spiro atoms. The van der Waals surface area contributed by atoms with Crippen molar-refractivity contribution in [3.63, 3.8) is 0 Å². The molecule has 25 heavy (non-hydrogen) atoms. The smallest absolute Gasteiger partial charge is 0.336 e. The Morgan fingerprint density at radius 3 is 2.04 bits per heavy atom. The van der Waals surface area contributed by atoms with Gasteiger partial charge in [-0.05, 0) is 18.6 Å². The first-order valence-corrected chi connectivity index (χ1v) is 7.86. The van der Waals surface area contributed by atoms with Crippen LogP contribution in [0.4, 0.5) is 0 Å². The number of aromatic nitrogens is 2. The predicted molar refractivity (Wildman–Crippen MR) is 93.9 cm³/mol. The minimum absolute atomic E-state index is 0.190. The summed E-state index contributed by atoms with van der Waals surface area (Å²) in [6.45, 7) is 3.36. The lowest BCUT2D eigenvalue weighted by Gasteiger charge is -1.98. The Kier molecular flexibility index (Phi) is 11.0. The van der Waals surface area contributed by atoms with Crippen LogP contribution in [-0.4, -0.2) is 26.7 Å². The van der Waals surface area contributed by atoms with Crippen molar-refractivity contribution < 1.29 is 24.4 Å². The van der Waals surface area contributed by atoms with E-state index in [0.717, 1.165) is 6.54 Å². The summed E-state index contributed by atoms with van der Waals surface area (Å²) in [7, 11) is 2.04. The van der Waals surface area contributed by atoms with E-state index in [2.05, 4.69) is 47.4 Å². The standard InChI is InChI=1S/C8H15N2.C8H6O4.CHNS/c1-3-4-5-10-7-6-9(2)8-10;9-7(10)5-3-1-2-4-6(5)8(11)12;2-1-3/h6-8H,3-5H2,1-2H3;1-4H,(H,9,10)(H,11,12);3H/q+1;;/p-1. The van der Waals surface area contributed by atoms with Gasteiger partial charge in [-0.25, -0.2) is 24.0 Å². The van der Waals surface area contributed by atoms with Crippen molar-refractivity contribution in [2.24, 2.45) is 7.05 Å². The lowest BCUT2D eigenvalue weighted by atomic mass is 10.1. The number of nitrogens with zero attached hydrogens (tertiary/aromatic N) is 3. The number of nitriles is 1. The van der Waals surface area contributed by atoms with Crippen LogP contribution in [0.2, 0.25) is 0 Å². The zero-order valence-corrected chi connectivity index (χ0v) is 14.9. The first kappa shape index (κ1) is 22.1. The molecular weight excluding hydrogens is 342 g/mol. The van der Waals surface area contributed by atoms with Crippen LogP contribution in [0.3, 0.4) is 0 Å². The molecule has 7 nitrogen and oxygen atoms in total. The second kappa shape index (κ2) is 12.5. The summed E-state index contributed by atoms with van der Waals surface area (Å²) in [5, 5.41) is 25.6. The fraction of sp³-hybridized carbons (Fsp3) is 0.294. The summed E-state index contributed by atoms with van der Waals surface area (Å²) in [6, 6.07) is 5.48. The van der Waals surface area contributed by atoms with Gasteiger partial charge in [-0.1, -0.05) is 30.9 Å². The number of aromatic carboxylic acids is 2. The molecular formula is C17H21N3O4S. The molecule has 0 unspecified atom stereocenters. The lowest BCUT2D eigenvalue weighted by Crippen LogP contribution is -2.23. The number of imidazole rings is 1. The summed E-state index contributed by atoms with van der Waals surface area (Å²) in [4.78, 5) is 20.9. The van der Waals surface area contributed by atoms with Gasteiger partial charge in [0, 0.05) is 0 Å². The molecule has 0 saturated heterocycles. The van der Waals surface area contributed by atoms with Gasteiger partial charge in [-0.2, -0.15) is 0 Å². The van der Waals surface area contributed by atoms with Gasteiger partial charge in [0.2, 0.25) is 6.33 Å². The normalized spacial score (nSPS) is 8.84. The van der Waals surface area contributed by atoms with Gasteiger partial charge in [0.05, 0.1) is 24.7 Å². The molecule has 0 fully saturated rings. The maximum Gasteiger partial charge on any atom is 0.336 e. The van der Waals surface area contributed by atoms with Crippen LogP contribution in [0.1, 0.15) is 40.5 Å². The molecule has 0 saturated carbocycles. The highest BCUT2D eigenvalue weighted by Gasteiger charge is 2.13. The number of thiocyanates is 1. The molecule has 0 aliphatic carbocycles. The third-order valence-electron chi connectivity index (χ3n) is 2.98. The van der Waals surface area contributed by atoms with Crippen LogP contribution in [0.25, 0.3) is 0 Å². The Morgan fingerprint density at radius 1 is 1.24 bits per heavy atom. The minimum atomic E-state index is -1.23. The fourth-order valence-corrected chi connectivity index (χ4v) is 1.83. The summed E-state index contributed by atoms with van der Waals surface area (Å²) in [5.74, 6) is -2.46. The van der Waals surface area contributed by atoms with Crippen molar-refractivity contribution >= 4 is 24.6 Å². The van der Waals surface area contributed by atoms with Crippen molar-refractivity contribution in [2.45, 2.75) is 26.3 Å². The molecule has 0 atom stereocenters. The molecule has 1 aromatic carbocycles. The molecule has 2 N–H and O–H groups in total. The van der Waals surface area contributed by atoms with Crippen molar-refractivity contribution in [1.29, 1.82) is 5.26 Å². The zero-order valence-electron chi connectivity index (χ0n) is 14.1. The monoisotopic (exact) mass is 363 g/mol.